The molecule has 7 heteroatoms. The van der Waals surface area contributed by atoms with Crippen molar-refractivity contribution in [2.75, 3.05) is 21.7 Å². The van der Waals surface area contributed by atoms with Gasteiger partial charge < -0.3 is 21.7 Å². The summed E-state index contributed by atoms with van der Waals surface area (Å²) in [4.78, 5) is 23.1. The Labute approximate surface area is 145 Å². The number of carbonyl (C=O) groups is 2. The first-order valence-electron chi connectivity index (χ1n) is 7.39. The lowest BCUT2D eigenvalue weighted by Crippen LogP contribution is -2.14. The number of anilines is 4. The summed E-state index contributed by atoms with van der Waals surface area (Å²) in [5.41, 5.74) is 7.95. The van der Waals surface area contributed by atoms with Gasteiger partial charge >= 0.3 is 0 Å². The Morgan fingerprint density at radius 3 is 2.04 bits per heavy atom. The fourth-order valence-corrected chi connectivity index (χ4v) is 1.92. The van der Waals surface area contributed by atoms with Gasteiger partial charge in [0.15, 0.2) is 0 Å². The van der Waals surface area contributed by atoms with Gasteiger partial charge in [0.05, 0.1) is 0 Å². The van der Waals surface area contributed by atoms with Crippen LogP contribution in [0.5, 0.6) is 0 Å². The maximum Gasteiger partial charge on any atom is 0.267 e. The van der Waals surface area contributed by atoms with Gasteiger partial charge in [-0.25, -0.2) is 0 Å². The summed E-state index contributed by atoms with van der Waals surface area (Å²) >= 11 is 0. The number of nitrogens with two attached hydrogens (primary N) is 1. The minimum absolute atomic E-state index is 0.0808. The Bertz CT molecular complexity index is 833. The van der Waals surface area contributed by atoms with Gasteiger partial charge in [-0.05, 0) is 48.5 Å². The molecule has 0 bridgehead atoms. The molecule has 0 radical (unpaired) electrons. The summed E-state index contributed by atoms with van der Waals surface area (Å²) in [6.07, 6.45) is 1.32. The summed E-state index contributed by atoms with van der Waals surface area (Å²) in [6.45, 7) is 1.42. The van der Waals surface area contributed by atoms with Crippen molar-refractivity contribution < 1.29 is 9.59 Å². The fourth-order valence-electron chi connectivity index (χ4n) is 1.92. The number of hydrogen-bond acceptors (Lipinski definition) is 5. The number of nitrogens with zero attached hydrogens (tertiary/aromatic N) is 1. The second-order valence-electron chi connectivity index (χ2n) is 5.15. The van der Waals surface area contributed by atoms with Crippen LogP contribution in [0.15, 0.2) is 60.3 Å². The summed E-state index contributed by atoms with van der Waals surface area (Å²) in [5, 5.41) is 17.3. The van der Waals surface area contributed by atoms with Crippen LogP contribution in [0.3, 0.4) is 0 Å². The van der Waals surface area contributed by atoms with Crippen molar-refractivity contribution in [3.8, 4) is 6.07 Å². The molecule has 7 nitrogen and oxygen atoms in total. The second-order valence-corrected chi connectivity index (χ2v) is 5.15. The fraction of sp³-hybridized carbons (Fsp3) is 0.0556. The molecule has 0 atom stereocenters. The molecule has 126 valence electrons. The highest BCUT2D eigenvalue weighted by Crippen LogP contribution is 2.15. The van der Waals surface area contributed by atoms with Crippen molar-refractivity contribution in [3.05, 3.63) is 60.3 Å². The van der Waals surface area contributed by atoms with Crippen LogP contribution in [-0.2, 0) is 9.59 Å². The smallest absolute Gasteiger partial charge is 0.267 e. The van der Waals surface area contributed by atoms with Crippen LogP contribution in [0.25, 0.3) is 0 Å². The molecule has 5 N–H and O–H groups in total. The van der Waals surface area contributed by atoms with Crippen LogP contribution >= 0.6 is 0 Å². The molecule has 2 amide bonds. The topological polar surface area (TPSA) is 120 Å². The average Bonchev–Trinajstić information content (AvgIpc) is 2.58. The SMILES string of the molecule is CC(=O)Nc1ccc(N/C=C(/C#N)C(=O)Nc2ccc(N)cc2)cc1. The Hall–Kier alpha value is -3.79. The van der Waals surface area contributed by atoms with Gasteiger partial charge in [0.25, 0.3) is 5.91 Å². The molecule has 0 aromatic heterocycles. The van der Waals surface area contributed by atoms with Crippen molar-refractivity contribution in [1.82, 2.24) is 0 Å². The summed E-state index contributed by atoms with van der Waals surface area (Å²) in [5.74, 6) is -0.693. The van der Waals surface area contributed by atoms with Crippen molar-refractivity contribution in [2.45, 2.75) is 6.92 Å². The molecule has 0 aliphatic carbocycles. The second kappa shape index (κ2) is 8.17. The normalized spacial score (nSPS) is 10.5. The Morgan fingerprint density at radius 1 is 0.960 bits per heavy atom. The van der Waals surface area contributed by atoms with E-state index in [-0.39, 0.29) is 11.5 Å². The largest absolute Gasteiger partial charge is 0.399 e. The van der Waals surface area contributed by atoms with Crippen molar-refractivity contribution in [3.63, 3.8) is 0 Å². The molecular weight excluding hydrogens is 318 g/mol. The van der Waals surface area contributed by atoms with Gasteiger partial charge in [-0.15, -0.1) is 0 Å². The van der Waals surface area contributed by atoms with E-state index in [0.29, 0.717) is 22.7 Å². The molecule has 2 aromatic carbocycles. The third kappa shape index (κ3) is 5.41. The average molecular weight is 335 g/mol. The molecule has 0 heterocycles. The predicted molar refractivity (Wildman–Crippen MR) is 97.5 cm³/mol. The van der Waals surface area contributed by atoms with Crippen LogP contribution in [-0.4, -0.2) is 11.8 Å². The van der Waals surface area contributed by atoms with E-state index in [9.17, 15) is 9.59 Å². The van der Waals surface area contributed by atoms with E-state index in [1.807, 2.05) is 6.07 Å². The minimum atomic E-state index is -0.533. The lowest BCUT2D eigenvalue weighted by Gasteiger charge is -2.06. The Balaban J connectivity index is 2.01. The molecule has 0 saturated carbocycles. The first-order chi connectivity index (χ1) is 12.0. The van der Waals surface area contributed by atoms with E-state index in [0.717, 1.165) is 0 Å². The van der Waals surface area contributed by atoms with E-state index in [1.54, 1.807) is 48.5 Å². The third-order valence-corrected chi connectivity index (χ3v) is 3.12. The number of benzene rings is 2. The summed E-state index contributed by atoms with van der Waals surface area (Å²) < 4.78 is 0. The number of nitrogens with one attached hydrogen (secondary N) is 3. The van der Waals surface area contributed by atoms with Gasteiger partial charge in [0.1, 0.15) is 11.6 Å². The Morgan fingerprint density at radius 2 is 1.48 bits per heavy atom. The standard InChI is InChI=1S/C18H17N5O2/c1-12(24)22-16-8-6-15(7-9-16)21-11-13(10-19)18(25)23-17-4-2-14(20)3-5-17/h2-9,11,21H,20H2,1H3,(H,22,24)(H,23,25)/b13-11-. The van der Waals surface area contributed by atoms with Crippen LogP contribution < -0.4 is 21.7 Å². The highest BCUT2D eigenvalue weighted by Gasteiger charge is 2.09. The quantitative estimate of drug-likeness (QED) is 0.380. The number of hydrogen-bond donors (Lipinski definition) is 4. The molecule has 0 aliphatic heterocycles. The van der Waals surface area contributed by atoms with Crippen LogP contribution in [0.1, 0.15) is 6.92 Å². The first-order valence-corrected chi connectivity index (χ1v) is 7.39. The maximum atomic E-state index is 12.1. The number of amides is 2. The third-order valence-electron chi connectivity index (χ3n) is 3.12. The van der Waals surface area contributed by atoms with Gasteiger partial charge in [-0.3, -0.25) is 9.59 Å². The highest BCUT2D eigenvalue weighted by molar-refractivity contribution is 6.06. The van der Waals surface area contributed by atoms with Crippen LogP contribution in [0.4, 0.5) is 22.7 Å². The monoisotopic (exact) mass is 335 g/mol. The number of nitrogen functional groups attached to an aromatic ring is 1. The molecule has 25 heavy (non-hydrogen) atoms. The van der Waals surface area contributed by atoms with Gasteiger partial charge in [-0.1, -0.05) is 0 Å². The van der Waals surface area contributed by atoms with Gasteiger partial charge in [-0.2, -0.15) is 5.26 Å². The highest BCUT2D eigenvalue weighted by atomic mass is 16.2. The van der Waals surface area contributed by atoms with E-state index in [2.05, 4.69) is 16.0 Å². The lowest BCUT2D eigenvalue weighted by atomic mass is 10.2. The van der Waals surface area contributed by atoms with E-state index in [4.69, 9.17) is 11.0 Å². The molecule has 0 unspecified atom stereocenters. The van der Waals surface area contributed by atoms with Crippen LogP contribution in [0, 0.1) is 11.3 Å². The molecule has 0 spiro atoms. The summed E-state index contributed by atoms with van der Waals surface area (Å²) in [7, 11) is 0. The molecule has 2 rings (SSSR count). The molecule has 0 fully saturated rings. The lowest BCUT2D eigenvalue weighted by molar-refractivity contribution is -0.114. The van der Waals surface area contributed by atoms with E-state index >= 15 is 0 Å². The zero-order valence-electron chi connectivity index (χ0n) is 13.5. The predicted octanol–water partition coefficient (Wildman–Crippen LogP) is 2.69. The summed E-state index contributed by atoms with van der Waals surface area (Å²) in [6, 6.07) is 15.3. The van der Waals surface area contributed by atoms with E-state index in [1.165, 1.54) is 13.1 Å². The van der Waals surface area contributed by atoms with Crippen LogP contribution in [0.2, 0.25) is 0 Å². The molecule has 2 aromatic rings. The number of nitriles is 1. The van der Waals surface area contributed by atoms with Crippen molar-refractivity contribution >= 4 is 34.6 Å². The van der Waals surface area contributed by atoms with Gasteiger partial charge in [0, 0.05) is 35.9 Å². The van der Waals surface area contributed by atoms with E-state index < -0.39 is 5.91 Å². The molecule has 0 saturated heterocycles. The Kier molecular flexibility index (Phi) is 5.74. The van der Waals surface area contributed by atoms with Gasteiger partial charge in [0.2, 0.25) is 5.91 Å². The zero-order chi connectivity index (χ0) is 18.2. The number of carbonyl (C=O) groups excluding carboxylic acids is 2. The van der Waals surface area contributed by atoms with Crippen molar-refractivity contribution in [2.24, 2.45) is 0 Å². The van der Waals surface area contributed by atoms with Crippen molar-refractivity contribution in [1.29, 1.82) is 5.26 Å². The maximum absolute atomic E-state index is 12.1. The first kappa shape index (κ1) is 17.6. The zero-order valence-corrected chi connectivity index (χ0v) is 13.5. The molecular formula is C18H17N5O2. The number of rotatable bonds is 5. The minimum Gasteiger partial charge on any atom is -0.399 e. The molecule has 0 aliphatic rings.